The number of hydrogen-bond acceptors (Lipinski definition) is 5. The summed E-state index contributed by atoms with van der Waals surface area (Å²) in [4.78, 5) is 21.0. The van der Waals surface area contributed by atoms with Crippen LogP contribution in [0.1, 0.15) is 35.4 Å². The van der Waals surface area contributed by atoms with Gasteiger partial charge in [-0.25, -0.2) is 4.79 Å². The van der Waals surface area contributed by atoms with E-state index in [9.17, 15) is 4.79 Å². The van der Waals surface area contributed by atoms with E-state index in [0.717, 1.165) is 27.2 Å². The second-order valence-electron chi connectivity index (χ2n) is 5.23. The second kappa shape index (κ2) is 6.50. The SMILES string of the molecule is CCCOC(=O)c1ccc([C@H]2N=c3ccc(N)c(Br)c3=N2)cc1. The van der Waals surface area contributed by atoms with Gasteiger partial charge in [-0.3, -0.25) is 9.98 Å². The third-order valence-electron chi connectivity index (χ3n) is 3.52. The molecular formula is C17H16BrN3O2. The van der Waals surface area contributed by atoms with Crippen molar-refractivity contribution in [3.05, 3.63) is 62.7 Å². The van der Waals surface area contributed by atoms with Crippen molar-refractivity contribution in [1.82, 2.24) is 0 Å². The van der Waals surface area contributed by atoms with Gasteiger partial charge >= 0.3 is 5.97 Å². The number of benzene rings is 2. The molecule has 3 rings (SSSR count). The van der Waals surface area contributed by atoms with Crippen LogP contribution in [0.25, 0.3) is 0 Å². The summed E-state index contributed by atoms with van der Waals surface area (Å²) >= 11 is 3.45. The van der Waals surface area contributed by atoms with Crippen molar-refractivity contribution in [2.75, 3.05) is 12.3 Å². The predicted molar refractivity (Wildman–Crippen MR) is 90.6 cm³/mol. The first-order valence-electron chi connectivity index (χ1n) is 7.37. The number of rotatable bonds is 4. The highest BCUT2D eigenvalue weighted by Gasteiger charge is 2.16. The van der Waals surface area contributed by atoms with Gasteiger partial charge in [-0.15, -0.1) is 0 Å². The Bertz CT molecular complexity index is 863. The number of nitrogens with zero attached hydrogens (tertiary/aromatic N) is 2. The summed E-state index contributed by atoms with van der Waals surface area (Å²) in [5.74, 6) is -0.308. The number of hydrogen-bond donors (Lipinski definition) is 1. The van der Waals surface area contributed by atoms with Gasteiger partial charge in [0.2, 0.25) is 0 Å². The molecular weight excluding hydrogens is 358 g/mol. The molecule has 1 heterocycles. The average molecular weight is 374 g/mol. The highest BCUT2D eigenvalue weighted by Crippen LogP contribution is 2.22. The van der Waals surface area contributed by atoms with Crippen molar-refractivity contribution >= 4 is 27.6 Å². The lowest BCUT2D eigenvalue weighted by Gasteiger charge is -2.06. The molecule has 0 saturated carbocycles. The standard InChI is InChI=1S/C17H16BrN3O2/c1-2-9-23-17(22)11-5-3-10(4-6-11)16-20-13-8-7-12(19)14(18)15(13)21-16/h3-8,16H,2,9,19H2,1H3/t16-/m0/s1. The summed E-state index contributed by atoms with van der Waals surface area (Å²) in [7, 11) is 0. The zero-order valence-corrected chi connectivity index (χ0v) is 14.2. The molecule has 0 aliphatic carbocycles. The van der Waals surface area contributed by atoms with Crippen molar-refractivity contribution < 1.29 is 9.53 Å². The number of esters is 1. The molecule has 23 heavy (non-hydrogen) atoms. The minimum atomic E-state index is -0.316. The fraction of sp³-hybridized carbons (Fsp3) is 0.235. The first-order valence-corrected chi connectivity index (χ1v) is 8.16. The van der Waals surface area contributed by atoms with E-state index in [1.54, 1.807) is 18.2 Å². The number of carbonyl (C=O) groups is 1. The largest absolute Gasteiger partial charge is 0.462 e. The lowest BCUT2D eigenvalue weighted by atomic mass is 10.1. The highest BCUT2D eigenvalue weighted by molar-refractivity contribution is 9.10. The maximum Gasteiger partial charge on any atom is 0.338 e. The third kappa shape index (κ3) is 3.12. The lowest BCUT2D eigenvalue weighted by Crippen LogP contribution is -2.23. The number of nitrogens with two attached hydrogens (primary N) is 1. The van der Waals surface area contributed by atoms with Gasteiger partial charge in [-0.1, -0.05) is 19.1 Å². The van der Waals surface area contributed by atoms with Crippen LogP contribution in [0.3, 0.4) is 0 Å². The summed E-state index contributed by atoms with van der Waals surface area (Å²) in [5, 5.41) is 1.57. The molecule has 1 atom stereocenters. The first kappa shape index (κ1) is 15.7. The molecule has 1 aliphatic rings. The molecule has 6 heteroatoms. The van der Waals surface area contributed by atoms with Gasteiger partial charge in [-0.05, 0) is 52.2 Å². The number of halogens is 1. The number of carbonyl (C=O) groups excluding carboxylic acids is 1. The van der Waals surface area contributed by atoms with Crippen LogP contribution in [0.2, 0.25) is 0 Å². The van der Waals surface area contributed by atoms with Gasteiger partial charge in [0, 0.05) is 5.69 Å². The minimum Gasteiger partial charge on any atom is -0.462 e. The van der Waals surface area contributed by atoms with Crippen LogP contribution >= 0.6 is 15.9 Å². The van der Waals surface area contributed by atoms with Crippen molar-refractivity contribution in [1.29, 1.82) is 0 Å². The Morgan fingerprint density at radius 2 is 1.96 bits per heavy atom. The fourth-order valence-corrected chi connectivity index (χ4v) is 2.74. The molecule has 2 aromatic rings. The summed E-state index contributed by atoms with van der Waals surface area (Å²) in [5.41, 5.74) is 7.95. The molecule has 0 aromatic heterocycles. The Morgan fingerprint density at radius 3 is 2.65 bits per heavy atom. The quantitative estimate of drug-likeness (QED) is 0.660. The van der Waals surface area contributed by atoms with E-state index in [-0.39, 0.29) is 12.1 Å². The summed E-state index contributed by atoms with van der Waals surface area (Å²) in [6.45, 7) is 2.39. The van der Waals surface area contributed by atoms with Gasteiger partial charge in [0.15, 0.2) is 6.17 Å². The molecule has 1 aliphatic heterocycles. The van der Waals surface area contributed by atoms with Crippen LogP contribution in [-0.4, -0.2) is 12.6 Å². The number of nitrogen functional groups attached to an aromatic ring is 1. The topological polar surface area (TPSA) is 77.0 Å². The van der Waals surface area contributed by atoms with Crippen LogP contribution in [0, 0.1) is 0 Å². The van der Waals surface area contributed by atoms with Crippen molar-refractivity contribution in [2.24, 2.45) is 9.98 Å². The molecule has 0 amide bonds. The Hall–Kier alpha value is -2.21. The van der Waals surface area contributed by atoms with Crippen LogP contribution in [0.15, 0.2) is 50.9 Å². The molecule has 0 saturated heterocycles. The zero-order chi connectivity index (χ0) is 16.4. The molecule has 0 bridgehead atoms. The molecule has 0 unspecified atom stereocenters. The van der Waals surface area contributed by atoms with Crippen molar-refractivity contribution in [2.45, 2.75) is 19.5 Å². The summed E-state index contributed by atoms with van der Waals surface area (Å²) in [6, 6.07) is 10.8. The van der Waals surface area contributed by atoms with Gasteiger partial charge < -0.3 is 10.5 Å². The average Bonchev–Trinajstić information content (AvgIpc) is 3.01. The fourth-order valence-electron chi connectivity index (χ4n) is 2.30. The van der Waals surface area contributed by atoms with Crippen molar-refractivity contribution in [3.63, 3.8) is 0 Å². The molecule has 2 aromatic carbocycles. The monoisotopic (exact) mass is 373 g/mol. The number of fused-ring (bicyclic) bond motifs is 1. The van der Waals surface area contributed by atoms with E-state index >= 15 is 0 Å². The van der Waals surface area contributed by atoms with Crippen LogP contribution < -0.4 is 16.4 Å². The van der Waals surface area contributed by atoms with E-state index in [1.807, 2.05) is 25.1 Å². The van der Waals surface area contributed by atoms with E-state index < -0.39 is 0 Å². The van der Waals surface area contributed by atoms with E-state index in [0.29, 0.717) is 17.9 Å². The highest BCUT2D eigenvalue weighted by atomic mass is 79.9. The molecule has 0 radical (unpaired) electrons. The second-order valence-corrected chi connectivity index (χ2v) is 6.02. The van der Waals surface area contributed by atoms with E-state index in [1.165, 1.54) is 0 Å². The molecule has 0 fully saturated rings. The lowest BCUT2D eigenvalue weighted by molar-refractivity contribution is 0.0505. The van der Waals surface area contributed by atoms with Gasteiger partial charge in [0.1, 0.15) is 5.36 Å². The first-order chi connectivity index (χ1) is 11.1. The number of ether oxygens (including phenoxy) is 1. The van der Waals surface area contributed by atoms with Gasteiger partial charge in [0.05, 0.1) is 22.0 Å². The zero-order valence-electron chi connectivity index (χ0n) is 12.6. The molecule has 5 nitrogen and oxygen atoms in total. The Kier molecular flexibility index (Phi) is 4.43. The van der Waals surface area contributed by atoms with Gasteiger partial charge in [-0.2, -0.15) is 0 Å². The van der Waals surface area contributed by atoms with Crippen LogP contribution in [0.4, 0.5) is 5.69 Å². The Balaban J connectivity index is 1.85. The Morgan fingerprint density at radius 1 is 1.22 bits per heavy atom. The van der Waals surface area contributed by atoms with Crippen LogP contribution in [-0.2, 0) is 4.74 Å². The summed E-state index contributed by atoms with van der Waals surface area (Å²) < 4.78 is 5.88. The number of anilines is 1. The third-order valence-corrected chi connectivity index (χ3v) is 4.35. The smallest absolute Gasteiger partial charge is 0.338 e. The Labute approximate surface area is 142 Å². The maximum atomic E-state index is 11.8. The maximum absolute atomic E-state index is 11.8. The molecule has 0 spiro atoms. The predicted octanol–water partition coefficient (Wildman–Crippen LogP) is 2.55. The van der Waals surface area contributed by atoms with E-state index in [2.05, 4.69) is 25.9 Å². The molecule has 118 valence electrons. The minimum absolute atomic E-state index is 0.308. The van der Waals surface area contributed by atoms with Crippen LogP contribution in [0.5, 0.6) is 0 Å². The normalized spacial score (nSPS) is 15.5. The molecule has 2 N–H and O–H groups in total. The summed E-state index contributed by atoms with van der Waals surface area (Å²) in [6.07, 6.45) is 0.490. The van der Waals surface area contributed by atoms with Crippen molar-refractivity contribution in [3.8, 4) is 0 Å². The van der Waals surface area contributed by atoms with E-state index in [4.69, 9.17) is 10.5 Å². The van der Waals surface area contributed by atoms with Gasteiger partial charge in [0.25, 0.3) is 0 Å².